The highest BCUT2D eigenvalue weighted by Gasteiger charge is 2.08. The Morgan fingerprint density at radius 1 is 1.65 bits per heavy atom. The van der Waals surface area contributed by atoms with Crippen LogP contribution in [0.15, 0.2) is 23.8 Å². The fraction of sp³-hybridized carbons (Fsp3) is 0.273. The molecule has 2 N–H and O–H groups in total. The number of carbonyl (C=O) groups is 1. The molecule has 0 atom stereocenters. The van der Waals surface area contributed by atoms with Crippen LogP contribution in [0.4, 0.5) is 10.7 Å². The molecule has 0 saturated carbocycles. The van der Waals surface area contributed by atoms with Crippen molar-refractivity contribution in [3.8, 4) is 5.75 Å². The van der Waals surface area contributed by atoms with E-state index >= 15 is 0 Å². The maximum absolute atomic E-state index is 11.5. The van der Waals surface area contributed by atoms with Gasteiger partial charge in [0.15, 0.2) is 0 Å². The number of nitrogens with zero attached hydrogens (tertiary/aromatic N) is 1. The molecule has 5 nitrogen and oxygen atoms in total. The van der Waals surface area contributed by atoms with Crippen molar-refractivity contribution in [2.24, 2.45) is 0 Å². The van der Waals surface area contributed by atoms with E-state index in [0.717, 1.165) is 12.8 Å². The minimum absolute atomic E-state index is 0.374. The summed E-state index contributed by atoms with van der Waals surface area (Å²) in [5, 5.41) is 4.31. The van der Waals surface area contributed by atoms with E-state index in [4.69, 9.17) is 4.74 Å². The molecule has 0 aliphatic heterocycles. The summed E-state index contributed by atoms with van der Waals surface area (Å²) in [5.74, 6) is 0.946. The molecule has 0 spiro atoms. The van der Waals surface area contributed by atoms with Crippen LogP contribution >= 0.6 is 11.3 Å². The van der Waals surface area contributed by atoms with Gasteiger partial charge in [-0.1, -0.05) is 13.3 Å². The maximum Gasteiger partial charge on any atom is 0.419 e. The summed E-state index contributed by atoms with van der Waals surface area (Å²) in [6.45, 7) is 2.11. The summed E-state index contributed by atoms with van der Waals surface area (Å²) in [5.41, 5.74) is 0. The summed E-state index contributed by atoms with van der Waals surface area (Å²) in [7, 11) is 0. The summed E-state index contributed by atoms with van der Waals surface area (Å²) in [6.07, 6.45) is 4.73. The summed E-state index contributed by atoms with van der Waals surface area (Å²) in [6, 6.07) is 1.88. The second-order valence-electron chi connectivity index (χ2n) is 3.45. The molecule has 1 amide bonds. The Morgan fingerprint density at radius 3 is 3.24 bits per heavy atom. The zero-order valence-corrected chi connectivity index (χ0v) is 10.2. The van der Waals surface area contributed by atoms with Gasteiger partial charge in [-0.25, -0.2) is 9.78 Å². The van der Waals surface area contributed by atoms with Crippen LogP contribution in [0, 0.1) is 0 Å². The molecule has 6 heteroatoms. The fourth-order valence-electron chi connectivity index (χ4n) is 1.35. The van der Waals surface area contributed by atoms with E-state index < -0.39 is 6.09 Å². The number of carbonyl (C=O) groups excluding carboxylic acids is 1. The molecule has 0 bridgehead atoms. The van der Waals surface area contributed by atoms with Crippen LogP contribution in [-0.2, 0) is 6.42 Å². The standard InChI is InChI=1S/C11H13N3O2S/c1-2-3-9-6-8(7-17-9)16-11(15)14-10-12-4-5-13-10/h4-7H,2-3H2,1H3,(H2,12,13,14,15). The predicted molar refractivity (Wildman–Crippen MR) is 66.5 cm³/mol. The van der Waals surface area contributed by atoms with Gasteiger partial charge in [0.1, 0.15) is 5.75 Å². The van der Waals surface area contributed by atoms with Gasteiger partial charge < -0.3 is 9.72 Å². The number of amides is 1. The lowest BCUT2D eigenvalue weighted by Gasteiger charge is -2.01. The largest absolute Gasteiger partial charge is 0.419 e. The molecule has 0 aliphatic carbocycles. The Kier molecular flexibility index (Phi) is 3.77. The number of hydrogen-bond donors (Lipinski definition) is 2. The number of thiophene rings is 1. The third-order valence-corrected chi connectivity index (χ3v) is 3.03. The van der Waals surface area contributed by atoms with Crippen LogP contribution in [-0.4, -0.2) is 16.1 Å². The van der Waals surface area contributed by atoms with E-state index in [1.807, 2.05) is 11.4 Å². The Hall–Kier alpha value is -1.82. The summed E-state index contributed by atoms with van der Waals surface area (Å²) in [4.78, 5) is 19.3. The highest BCUT2D eigenvalue weighted by molar-refractivity contribution is 7.10. The van der Waals surface area contributed by atoms with Crippen molar-refractivity contribution in [3.05, 3.63) is 28.7 Å². The van der Waals surface area contributed by atoms with Crippen LogP contribution in [0.1, 0.15) is 18.2 Å². The van der Waals surface area contributed by atoms with E-state index in [-0.39, 0.29) is 0 Å². The first-order chi connectivity index (χ1) is 8.28. The molecule has 0 saturated heterocycles. The molecule has 17 heavy (non-hydrogen) atoms. The Morgan fingerprint density at radius 2 is 2.53 bits per heavy atom. The molecule has 2 aromatic heterocycles. The number of aromatic nitrogens is 2. The number of aromatic amines is 1. The zero-order chi connectivity index (χ0) is 12.1. The van der Waals surface area contributed by atoms with Crippen LogP contribution in [0.2, 0.25) is 0 Å². The third-order valence-electron chi connectivity index (χ3n) is 2.06. The number of anilines is 1. The van der Waals surface area contributed by atoms with Crippen LogP contribution in [0.5, 0.6) is 5.75 Å². The van der Waals surface area contributed by atoms with E-state index in [1.165, 1.54) is 4.88 Å². The molecule has 2 rings (SSSR count). The summed E-state index contributed by atoms with van der Waals surface area (Å²) >= 11 is 1.60. The Bertz CT molecular complexity index is 479. The molecule has 0 fully saturated rings. The Balaban J connectivity index is 1.89. The number of H-pyrrole nitrogens is 1. The van der Waals surface area contributed by atoms with E-state index in [2.05, 4.69) is 22.2 Å². The lowest BCUT2D eigenvalue weighted by Crippen LogP contribution is -2.17. The SMILES string of the molecule is CCCc1cc(OC(=O)Nc2ncc[nH]2)cs1. The second-order valence-corrected chi connectivity index (χ2v) is 4.45. The number of aryl methyl sites for hydroxylation is 1. The number of nitrogens with one attached hydrogen (secondary N) is 2. The van der Waals surface area contributed by atoms with Gasteiger partial charge in [-0.15, -0.1) is 11.3 Å². The van der Waals surface area contributed by atoms with Crippen molar-refractivity contribution in [1.29, 1.82) is 0 Å². The first kappa shape index (κ1) is 11.7. The van der Waals surface area contributed by atoms with Crippen molar-refractivity contribution in [1.82, 2.24) is 9.97 Å². The minimum atomic E-state index is -0.541. The molecule has 2 heterocycles. The van der Waals surface area contributed by atoms with Gasteiger partial charge in [-0.05, 0) is 12.5 Å². The number of hydrogen-bond acceptors (Lipinski definition) is 4. The molecular formula is C11H13N3O2S. The smallest absolute Gasteiger partial charge is 0.409 e. The first-order valence-corrected chi connectivity index (χ1v) is 6.21. The molecule has 0 aromatic carbocycles. The van der Waals surface area contributed by atoms with Gasteiger partial charge in [0.2, 0.25) is 5.95 Å². The van der Waals surface area contributed by atoms with Crippen molar-refractivity contribution < 1.29 is 9.53 Å². The van der Waals surface area contributed by atoms with Crippen LogP contribution in [0.3, 0.4) is 0 Å². The van der Waals surface area contributed by atoms with Gasteiger partial charge in [-0.2, -0.15) is 0 Å². The van der Waals surface area contributed by atoms with Gasteiger partial charge in [0.25, 0.3) is 0 Å². The Labute approximate surface area is 103 Å². The van der Waals surface area contributed by atoms with Crippen LogP contribution < -0.4 is 10.1 Å². The molecule has 0 unspecified atom stereocenters. The molecular weight excluding hydrogens is 238 g/mol. The maximum atomic E-state index is 11.5. The van der Waals surface area contributed by atoms with Crippen molar-refractivity contribution in [3.63, 3.8) is 0 Å². The predicted octanol–water partition coefficient (Wildman–Crippen LogP) is 3.03. The van der Waals surface area contributed by atoms with Gasteiger partial charge in [-0.3, -0.25) is 5.32 Å². The van der Waals surface area contributed by atoms with E-state index in [0.29, 0.717) is 11.7 Å². The molecule has 2 aromatic rings. The lowest BCUT2D eigenvalue weighted by molar-refractivity contribution is 0.215. The number of ether oxygens (including phenoxy) is 1. The first-order valence-electron chi connectivity index (χ1n) is 5.33. The molecule has 90 valence electrons. The average molecular weight is 251 g/mol. The van der Waals surface area contributed by atoms with Gasteiger partial charge in [0, 0.05) is 22.7 Å². The normalized spacial score (nSPS) is 10.2. The van der Waals surface area contributed by atoms with E-state index in [9.17, 15) is 4.79 Å². The fourth-order valence-corrected chi connectivity index (χ4v) is 2.24. The highest BCUT2D eigenvalue weighted by atomic mass is 32.1. The second kappa shape index (κ2) is 5.49. The topological polar surface area (TPSA) is 67.0 Å². The third kappa shape index (κ3) is 3.32. The summed E-state index contributed by atoms with van der Waals surface area (Å²) < 4.78 is 5.12. The number of rotatable bonds is 4. The average Bonchev–Trinajstić information content (AvgIpc) is 2.91. The lowest BCUT2D eigenvalue weighted by atomic mass is 10.3. The van der Waals surface area contributed by atoms with Crippen LogP contribution in [0.25, 0.3) is 0 Å². The number of imidazole rings is 1. The van der Waals surface area contributed by atoms with Crippen molar-refractivity contribution in [2.45, 2.75) is 19.8 Å². The zero-order valence-electron chi connectivity index (χ0n) is 9.40. The monoisotopic (exact) mass is 251 g/mol. The molecule has 0 radical (unpaired) electrons. The highest BCUT2D eigenvalue weighted by Crippen LogP contribution is 2.22. The van der Waals surface area contributed by atoms with Gasteiger partial charge in [0.05, 0.1) is 0 Å². The van der Waals surface area contributed by atoms with E-state index in [1.54, 1.807) is 23.7 Å². The quantitative estimate of drug-likeness (QED) is 0.877. The van der Waals surface area contributed by atoms with Crippen molar-refractivity contribution in [2.75, 3.05) is 5.32 Å². The van der Waals surface area contributed by atoms with Gasteiger partial charge >= 0.3 is 6.09 Å². The van der Waals surface area contributed by atoms with Crippen molar-refractivity contribution >= 4 is 23.4 Å². The molecule has 0 aliphatic rings. The minimum Gasteiger partial charge on any atom is -0.409 e.